The minimum Gasteiger partial charge on any atom is -0.351 e. The first kappa shape index (κ1) is 22.2. The summed E-state index contributed by atoms with van der Waals surface area (Å²) >= 11 is 0. The number of aromatic nitrogens is 5. The number of hydrogen-bond acceptors (Lipinski definition) is 7. The van der Waals surface area contributed by atoms with Gasteiger partial charge < -0.3 is 20.1 Å². The molecule has 1 amide bonds. The zero-order valence-corrected chi connectivity index (χ0v) is 20.0. The molecular formula is C25H31FN8O. The van der Waals surface area contributed by atoms with Gasteiger partial charge in [-0.2, -0.15) is 4.98 Å². The van der Waals surface area contributed by atoms with Crippen LogP contribution in [0.2, 0.25) is 0 Å². The van der Waals surface area contributed by atoms with Crippen LogP contribution >= 0.6 is 0 Å². The van der Waals surface area contributed by atoms with Gasteiger partial charge in [0.05, 0.1) is 17.9 Å². The van der Waals surface area contributed by atoms with Crippen LogP contribution in [-0.2, 0) is 5.54 Å². The van der Waals surface area contributed by atoms with Crippen molar-refractivity contribution < 1.29 is 9.18 Å². The lowest BCUT2D eigenvalue weighted by Crippen LogP contribution is -2.53. The standard InChI is InChI=1S/C25H31FN8O/c1-33-15-25(9-3-2-4-10-25)34-20(22(33)35)11-16-12-27-24(32-21(16)34)31-19-7-5-18(6-8-19)30-23-28-13-17(26)14-29-23/h11-14,18-19H,2-10,15H2,1H3,(H,27,31,32)(H,28,29,30). The third-order valence-corrected chi connectivity index (χ3v) is 7.91. The molecule has 184 valence electrons. The molecule has 9 nitrogen and oxygen atoms in total. The van der Waals surface area contributed by atoms with Crippen molar-refractivity contribution in [2.45, 2.75) is 75.4 Å². The Labute approximate surface area is 203 Å². The van der Waals surface area contributed by atoms with Crippen LogP contribution in [0.25, 0.3) is 11.0 Å². The van der Waals surface area contributed by atoms with Crippen molar-refractivity contribution in [3.05, 3.63) is 36.2 Å². The molecule has 10 heteroatoms. The zero-order chi connectivity index (χ0) is 24.0. The summed E-state index contributed by atoms with van der Waals surface area (Å²) in [6.07, 6.45) is 13.8. The molecule has 2 N–H and O–H groups in total. The fourth-order valence-electron chi connectivity index (χ4n) is 6.20. The highest BCUT2D eigenvalue weighted by atomic mass is 19.1. The highest BCUT2D eigenvalue weighted by Gasteiger charge is 2.43. The minimum absolute atomic E-state index is 0.0599. The number of amides is 1. The second-order valence-electron chi connectivity index (χ2n) is 10.3. The van der Waals surface area contributed by atoms with E-state index in [0.717, 1.165) is 61.8 Å². The van der Waals surface area contributed by atoms with E-state index in [-0.39, 0.29) is 23.5 Å². The number of carbonyl (C=O) groups excluding carboxylic acids is 1. The largest absolute Gasteiger partial charge is 0.351 e. The summed E-state index contributed by atoms with van der Waals surface area (Å²) in [6.45, 7) is 0.740. The number of likely N-dealkylation sites (N-methyl/N-ethyl adjacent to an activating group) is 1. The Balaban J connectivity index is 1.19. The van der Waals surface area contributed by atoms with Crippen molar-refractivity contribution in [2.24, 2.45) is 0 Å². The molecule has 6 rings (SSSR count). The normalized spacial score (nSPS) is 23.9. The predicted molar refractivity (Wildman–Crippen MR) is 131 cm³/mol. The Kier molecular flexibility index (Phi) is 5.53. The molecule has 3 aliphatic rings. The number of hydrogen-bond donors (Lipinski definition) is 2. The quantitative estimate of drug-likeness (QED) is 0.586. The van der Waals surface area contributed by atoms with Crippen LogP contribution in [-0.4, -0.2) is 61.0 Å². The van der Waals surface area contributed by atoms with Crippen LogP contribution in [0, 0.1) is 5.82 Å². The molecule has 0 saturated heterocycles. The van der Waals surface area contributed by atoms with Crippen molar-refractivity contribution >= 4 is 28.8 Å². The topological polar surface area (TPSA) is 101 Å². The summed E-state index contributed by atoms with van der Waals surface area (Å²) in [6, 6.07) is 2.49. The van der Waals surface area contributed by atoms with Gasteiger partial charge in [0.1, 0.15) is 11.3 Å². The maximum atomic E-state index is 13.0. The Bertz CT molecular complexity index is 1230. The van der Waals surface area contributed by atoms with Gasteiger partial charge in [0.25, 0.3) is 5.91 Å². The van der Waals surface area contributed by atoms with E-state index in [4.69, 9.17) is 4.98 Å². The number of fused-ring (bicyclic) bond motifs is 4. The average molecular weight is 479 g/mol. The van der Waals surface area contributed by atoms with E-state index < -0.39 is 5.82 Å². The Morgan fingerprint density at radius 1 is 0.943 bits per heavy atom. The Hall–Kier alpha value is -3.30. The third-order valence-electron chi connectivity index (χ3n) is 7.91. The number of nitrogens with zero attached hydrogens (tertiary/aromatic N) is 6. The molecule has 0 unspecified atom stereocenters. The first-order chi connectivity index (χ1) is 17.0. The molecule has 0 radical (unpaired) electrons. The smallest absolute Gasteiger partial charge is 0.270 e. The number of carbonyl (C=O) groups is 1. The summed E-state index contributed by atoms with van der Waals surface area (Å²) in [7, 11) is 1.91. The van der Waals surface area contributed by atoms with Crippen molar-refractivity contribution in [1.29, 1.82) is 0 Å². The van der Waals surface area contributed by atoms with Gasteiger partial charge in [-0.3, -0.25) is 4.79 Å². The van der Waals surface area contributed by atoms with E-state index in [1.807, 2.05) is 24.2 Å². The van der Waals surface area contributed by atoms with Crippen LogP contribution in [0.3, 0.4) is 0 Å². The molecule has 4 heterocycles. The zero-order valence-electron chi connectivity index (χ0n) is 20.0. The van der Waals surface area contributed by atoms with Crippen molar-refractivity contribution in [1.82, 2.24) is 29.4 Å². The average Bonchev–Trinajstić information content (AvgIpc) is 3.26. The number of rotatable bonds is 4. The molecular weight excluding hydrogens is 447 g/mol. The van der Waals surface area contributed by atoms with E-state index in [2.05, 4.69) is 30.2 Å². The SMILES string of the molecule is CN1CC2(CCCCC2)n2c(cc3cnc(NC4CCC(Nc5ncc(F)cn5)CC4)nc32)C1=O. The van der Waals surface area contributed by atoms with Gasteiger partial charge >= 0.3 is 0 Å². The molecule has 3 aromatic rings. The van der Waals surface area contributed by atoms with E-state index in [1.54, 1.807) is 0 Å². The van der Waals surface area contributed by atoms with Crippen molar-refractivity contribution in [2.75, 3.05) is 24.2 Å². The van der Waals surface area contributed by atoms with Gasteiger partial charge in [-0.1, -0.05) is 19.3 Å². The highest BCUT2D eigenvalue weighted by molar-refractivity contribution is 5.99. The Morgan fingerprint density at radius 3 is 2.26 bits per heavy atom. The second-order valence-corrected chi connectivity index (χ2v) is 10.3. The number of anilines is 2. The fourth-order valence-corrected chi connectivity index (χ4v) is 6.20. The van der Waals surface area contributed by atoms with E-state index in [0.29, 0.717) is 11.9 Å². The molecule has 3 aromatic heterocycles. The molecule has 35 heavy (non-hydrogen) atoms. The lowest BCUT2D eigenvalue weighted by Gasteiger charge is -2.45. The van der Waals surface area contributed by atoms with E-state index in [1.165, 1.54) is 31.7 Å². The second kappa shape index (κ2) is 8.73. The Morgan fingerprint density at radius 2 is 1.57 bits per heavy atom. The summed E-state index contributed by atoms with van der Waals surface area (Å²) < 4.78 is 15.3. The van der Waals surface area contributed by atoms with Crippen molar-refractivity contribution in [3.8, 4) is 0 Å². The predicted octanol–water partition coefficient (Wildman–Crippen LogP) is 3.94. The van der Waals surface area contributed by atoms with Gasteiger partial charge in [0, 0.05) is 37.3 Å². The first-order valence-corrected chi connectivity index (χ1v) is 12.7. The van der Waals surface area contributed by atoms with E-state index >= 15 is 0 Å². The summed E-state index contributed by atoms with van der Waals surface area (Å²) in [5, 5.41) is 7.76. The minimum atomic E-state index is -0.435. The molecule has 0 aromatic carbocycles. The first-order valence-electron chi connectivity index (χ1n) is 12.7. The highest BCUT2D eigenvalue weighted by Crippen LogP contribution is 2.42. The van der Waals surface area contributed by atoms with Crippen LogP contribution in [0.4, 0.5) is 16.3 Å². The third kappa shape index (κ3) is 4.08. The van der Waals surface area contributed by atoms with Crippen LogP contribution in [0.5, 0.6) is 0 Å². The maximum absolute atomic E-state index is 13.0. The molecule has 2 aliphatic carbocycles. The van der Waals surface area contributed by atoms with E-state index in [9.17, 15) is 9.18 Å². The van der Waals surface area contributed by atoms with Gasteiger partial charge in [-0.05, 0) is 44.6 Å². The lowest BCUT2D eigenvalue weighted by atomic mass is 9.79. The molecule has 2 fully saturated rings. The number of halogens is 1. The van der Waals surface area contributed by atoms with Crippen molar-refractivity contribution in [3.63, 3.8) is 0 Å². The molecule has 0 atom stereocenters. The summed E-state index contributed by atoms with van der Waals surface area (Å²) in [5.41, 5.74) is 1.52. The van der Waals surface area contributed by atoms with Crippen LogP contribution < -0.4 is 10.6 Å². The van der Waals surface area contributed by atoms with Gasteiger partial charge in [0.2, 0.25) is 11.9 Å². The fraction of sp³-hybridized carbons (Fsp3) is 0.560. The van der Waals surface area contributed by atoms with Gasteiger partial charge in [-0.15, -0.1) is 0 Å². The van der Waals surface area contributed by atoms with Crippen LogP contribution in [0.1, 0.15) is 68.3 Å². The molecule has 0 bridgehead atoms. The van der Waals surface area contributed by atoms with Gasteiger partial charge in [0.15, 0.2) is 5.82 Å². The molecule has 1 spiro atoms. The number of nitrogens with one attached hydrogen (secondary N) is 2. The maximum Gasteiger partial charge on any atom is 0.270 e. The van der Waals surface area contributed by atoms with Gasteiger partial charge in [-0.25, -0.2) is 19.3 Å². The molecule has 2 saturated carbocycles. The van der Waals surface area contributed by atoms with Crippen LogP contribution in [0.15, 0.2) is 24.7 Å². The monoisotopic (exact) mass is 478 g/mol. The summed E-state index contributed by atoms with van der Waals surface area (Å²) in [4.78, 5) is 32.4. The molecule has 1 aliphatic heterocycles. The lowest BCUT2D eigenvalue weighted by molar-refractivity contribution is 0.0543. The summed E-state index contributed by atoms with van der Waals surface area (Å²) in [5.74, 6) is 0.709.